The van der Waals surface area contributed by atoms with Gasteiger partial charge in [0.05, 0.1) is 6.61 Å². The number of aliphatic hydroxyl groups excluding tert-OH is 2. The number of ether oxygens (including phenoxy) is 1. The van der Waals surface area contributed by atoms with Gasteiger partial charge in [-0.05, 0) is 19.1 Å². The molecule has 0 spiro atoms. The van der Waals surface area contributed by atoms with Gasteiger partial charge in [-0.1, -0.05) is 17.7 Å². The molecule has 3 N–H and O–H groups in total. The van der Waals surface area contributed by atoms with Crippen molar-refractivity contribution in [2.45, 2.75) is 19.1 Å². The van der Waals surface area contributed by atoms with Crippen LogP contribution in [0, 0.1) is 0 Å². The van der Waals surface area contributed by atoms with Gasteiger partial charge < -0.3 is 20.1 Å². The zero-order valence-corrected chi connectivity index (χ0v) is 9.89. The molecular weight excluding hydrogens is 248 g/mol. The summed E-state index contributed by atoms with van der Waals surface area (Å²) in [6, 6.07) is 3.96. The first kappa shape index (κ1) is 13.8. The number of aromatic hydroxyl groups is 1. The van der Waals surface area contributed by atoms with E-state index in [0.717, 1.165) is 0 Å². The Bertz CT molecular complexity index is 407. The molecule has 0 aliphatic rings. The van der Waals surface area contributed by atoms with Crippen LogP contribution in [-0.4, -0.2) is 34.0 Å². The van der Waals surface area contributed by atoms with Crippen molar-refractivity contribution >= 4 is 17.6 Å². The average Bonchev–Trinajstić information content (AvgIpc) is 2.27. The predicted octanol–water partition coefficient (Wildman–Crippen LogP) is 1.00. The number of phenolic OH excluding ortho intramolecular Hbond substituents is 1. The van der Waals surface area contributed by atoms with Crippen molar-refractivity contribution < 1.29 is 24.9 Å². The van der Waals surface area contributed by atoms with Crippen LogP contribution >= 0.6 is 11.6 Å². The number of carbonyl (C=O) groups is 1. The lowest BCUT2D eigenvalue weighted by Gasteiger charge is -2.17. The van der Waals surface area contributed by atoms with E-state index in [0.29, 0.717) is 0 Å². The molecule has 0 aliphatic heterocycles. The van der Waals surface area contributed by atoms with Crippen molar-refractivity contribution in [3.05, 3.63) is 28.8 Å². The summed E-state index contributed by atoms with van der Waals surface area (Å²) < 4.78 is 4.55. The largest absolute Gasteiger partial charge is 0.508 e. The summed E-state index contributed by atoms with van der Waals surface area (Å²) in [5, 5.41) is 29.0. The van der Waals surface area contributed by atoms with Crippen LogP contribution < -0.4 is 0 Å². The predicted molar refractivity (Wildman–Crippen MR) is 60.7 cm³/mol. The first-order chi connectivity index (χ1) is 7.97. The lowest BCUT2D eigenvalue weighted by molar-refractivity contribution is -0.159. The molecule has 94 valence electrons. The third-order valence-electron chi connectivity index (χ3n) is 2.14. The van der Waals surface area contributed by atoms with Crippen molar-refractivity contribution in [1.29, 1.82) is 0 Å². The SMILES string of the molecule is CCOC(=O)C(O)C(O)c1ccc(Cl)cc1O. The van der Waals surface area contributed by atoms with Crippen LogP contribution in [0.25, 0.3) is 0 Å². The Morgan fingerprint density at radius 1 is 1.47 bits per heavy atom. The second kappa shape index (κ2) is 5.86. The van der Waals surface area contributed by atoms with Gasteiger partial charge in [0.15, 0.2) is 6.10 Å². The number of rotatable bonds is 4. The van der Waals surface area contributed by atoms with E-state index >= 15 is 0 Å². The van der Waals surface area contributed by atoms with E-state index in [2.05, 4.69) is 4.74 Å². The maximum atomic E-state index is 11.2. The van der Waals surface area contributed by atoms with Gasteiger partial charge in [0, 0.05) is 10.6 Å². The van der Waals surface area contributed by atoms with Crippen LogP contribution in [0.2, 0.25) is 5.02 Å². The zero-order chi connectivity index (χ0) is 13.0. The first-order valence-electron chi connectivity index (χ1n) is 4.98. The van der Waals surface area contributed by atoms with Crippen LogP contribution in [0.4, 0.5) is 0 Å². The van der Waals surface area contributed by atoms with Crippen molar-refractivity contribution in [1.82, 2.24) is 0 Å². The molecule has 2 unspecified atom stereocenters. The summed E-state index contributed by atoms with van der Waals surface area (Å²) in [5.74, 6) is -1.25. The summed E-state index contributed by atoms with van der Waals surface area (Å²) in [6.45, 7) is 1.67. The molecule has 0 aromatic heterocycles. The molecule has 1 aromatic carbocycles. The Hall–Kier alpha value is -1.30. The van der Waals surface area contributed by atoms with Gasteiger partial charge in [0.2, 0.25) is 0 Å². The van der Waals surface area contributed by atoms with Gasteiger partial charge in [-0.15, -0.1) is 0 Å². The molecule has 0 aliphatic carbocycles. The van der Waals surface area contributed by atoms with Crippen LogP contribution in [0.1, 0.15) is 18.6 Å². The highest BCUT2D eigenvalue weighted by Gasteiger charge is 2.28. The molecule has 1 rings (SSSR count). The highest BCUT2D eigenvalue weighted by Crippen LogP contribution is 2.29. The number of carbonyl (C=O) groups excluding carboxylic acids is 1. The maximum Gasteiger partial charge on any atom is 0.338 e. The Labute approximate surface area is 103 Å². The molecule has 0 heterocycles. The van der Waals surface area contributed by atoms with E-state index in [-0.39, 0.29) is 22.9 Å². The fourth-order valence-corrected chi connectivity index (χ4v) is 1.46. The molecule has 0 bridgehead atoms. The topological polar surface area (TPSA) is 87.0 Å². The summed E-state index contributed by atoms with van der Waals surface area (Å²) in [5.41, 5.74) is 0.00922. The van der Waals surface area contributed by atoms with Crippen molar-refractivity contribution in [3.8, 4) is 5.75 Å². The molecule has 2 atom stereocenters. The smallest absolute Gasteiger partial charge is 0.338 e. The quantitative estimate of drug-likeness (QED) is 0.703. The maximum absolute atomic E-state index is 11.2. The number of benzene rings is 1. The molecule has 6 heteroatoms. The van der Waals surface area contributed by atoms with Crippen molar-refractivity contribution in [2.24, 2.45) is 0 Å². The van der Waals surface area contributed by atoms with E-state index in [1.807, 2.05) is 0 Å². The van der Waals surface area contributed by atoms with Gasteiger partial charge in [-0.3, -0.25) is 0 Å². The van der Waals surface area contributed by atoms with Gasteiger partial charge in [-0.25, -0.2) is 4.79 Å². The Morgan fingerprint density at radius 2 is 2.12 bits per heavy atom. The lowest BCUT2D eigenvalue weighted by atomic mass is 10.0. The molecule has 1 aromatic rings. The van der Waals surface area contributed by atoms with Crippen LogP contribution in [0.5, 0.6) is 5.75 Å². The molecule has 0 saturated carbocycles. The van der Waals surface area contributed by atoms with Gasteiger partial charge in [-0.2, -0.15) is 0 Å². The number of aliphatic hydroxyl groups is 2. The number of phenols is 1. The van der Waals surface area contributed by atoms with E-state index in [4.69, 9.17) is 11.6 Å². The fraction of sp³-hybridized carbons (Fsp3) is 0.364. The fourth-order valence-electron chi connectivity index (χ4n) is 1.29. The second-order valence-corrected chi connectivity index (χ2v) is 3.78. The highest BCUT2D eigenvalue weighted by atomic mass is 35.5. The highest BCUT2D eigenvalue weighted by molar-refractivity contribution is 6.30. The molecule has 5 nitrogen and oxygen atoms in total. The number of hydrogen-bond donors (Lipinski definition) is 3. The molecular formula is C11H13ClO5. The number of esters is 1. The first-order valence-corrected chi connectivity index (χ1v) is 5.36. The summed E-state index contributed by atoms with van der Waals surface area (Å²) in [4.78, 5) is 11.2. The molecule has 0 fully saturated rings. The third kappa shape index (κ3) is 3.33. The Kier molecular flexibility index (Phi) is 4.74. The standard InChI is InChI=1S/C11H13ClO5/c1-2-17-11(16)10(15)9(14)7-4-3-6(12)5-8(7)13/h3-5,9-10,13-15H,2H2,1H3. The van der Waals surface area contributed by atoms with E-state index in [9.17, 15) is 20.1 Å². The molecule has 17 heavy (non-hydrogen) atoms. The lowest BCUT2D eigenvalue weighted by Crippen LogP contribution is -2.29. The Morgan fingerprint density at radius 3 is 2.65 bits per heavy atom. The normalized spacial score (nSPS) is 14.1. The van der Waals surface area contributed by atoms with Crippen LogP contribution in [0.3, 0.4) is 0 Å². The van der Waals surface area contributed by atoms with Gasteiger partial charge >= 0.3 is 5.97 Å². The van der Waals surface area contributed by atoms with E-state index < -0.39 is 18.2 Å². The van der Waals surface area contributed by atoms with Crippen LogP contribution in [-0.2, 0) is 9.53 Å². The van der Waals surface area contributed by atoms with E-state index in [1.54, 1.807) is 6.92 Å². The van der Waals surface area contributed by atoms with E-state index in [1.165, 1.54) is 18.2 Å². The van der Waals surface area contributed by atoms with Crippen molar-refractivity contribution in [3.63, 3.8) is 0 Å². The number of hydrogen-bond acceptors (Lipinski definition) is 5. The zero-order valence-electron chi connectivity index (χ0n) is 9.13. The molecule has 0 amide bonds. The van der Waals surface area contributed by atoms with Gasteiger partial charge in [0.25, 0.3) is 0 Å². The Balaban J connectivity index is 2.88. The average molecular weight is 261 g/mol. The minimum Gasteiger partial charge on any atom is -0.508 e. The summed E-state index contributed by atoms with van der Waals surface area (Å²) in [7, 11) is 0. The monoisotopic (exact) mass is 260 g/mol. The number of halogens is 1. The third-order valence-corrected chi connectivity index (χ3v) is 2.37. The van der Waals surface area contributed by atoms with Crippen LogP contribution in [0.15, 0.2) is 18.2 Å². The molecule has 0 saturated heterocycles. The van der Waals surface area contributed by atoms with Gasteiger partial charge in [0.1, 0.15) is 11.9 Å². The summed E-state index contributed by atoms with van der Waals surface area (Å²) in [6.07, 6.45) is -3.31. The second-order valence-electron chi connectivity index (χ2n) is 3.34. The minimum absolute atomic E-state index is 0.00922. The minimum atomic E-state index is -1.75. The molecule has 0 radical (unpaired) electrons. The van der Waals surface area contributed by atoms with Crippen molar-refractivity contribution in [2.75, 3.05) is 6.61 Å². The summed E-state index contributed by atoms with van der Waals surface area (Å²) >= 11 is 5.62.